The molecule has 5 heteroatoms. The molecule has 0 N–H and O–H groups in total. The van der Waals surface area contributed by atoms with E-state index in [1.807, 2.05) is 30.3 Å². The van der Waals surface area contributed by atoms with Gasteiger partial charge in [0, 0.05) is 11.6 Å². The third-order valence-corrected chi connectivity index (χ3v) is 2.89. The average molecular weight is 283 g/mol. The Morgan fingerprint density at radius 1 is 1.19 bits per heavy atom. The lowest BCUT2D eigenvalue weighted by atomic mass is 10.1. The maximum Gasteiger partial charge on any atom is 0.311 e. The number of nitro benzene ring substituents is 1. The van der Waals surface area contributed by atoms with Crippen LogP contribution in [0.1, 0.15) is 15.9 Å². The molecule has 0 aliphatic rings. The molecule has 0 atom stereocenters. The zero-order valence-electron chi connectivity index (χ0n) is 11.4. The molecule has 0 bridgehead atoms. The Labute approximate surface area is 121 Å². The maximum atomic E-state index is 12.0. The van der Waals surface area contributed by atoms with E-state index in [-0.39, 0.29) is 22.8 Å². The Morgan fingerprint density at radius 2 is 1.90 bits per heavy atom. The highest BCUT2D eigenvalue weighted by molar-refractivity contribution is 6.07. The number of allylic oxidation sites excluding steroid dienone is 1. The smallest absolute Gasteiger partial charge is 0.311 e. The summed E-state index contributed by atoms with van der Waals surface area (Å²) >= 11 is 0. The van der Waals surface area contributed by atoms with Gasteiger partial charge in [-0.15, -0.1) is 0 Å². The molecule has 2 rings (SSSR count). The van der Waals surface area contributed by atoms with Gasteiger partial charge in [0.2, 0.25) is 0 Å². The summed E-state index contributed by atoms with van der Waals surface area (Å²) in [5, 5.41) is 10.9. The second kappa shape index (κ2) is 6.47. The van der Waals surface area contributed by atoms with Crippen molar-refractivity contribution in [2.24, 2.45) is 0 Å². The first kappa shape index (κ1) is 14.5. The van der Waals surface area contributed by atoms with Crippen molar-refractivity contribution >= 4 is 17.5 Å². The highest BCUT2D eigenvalue weighted by Gasteiger charge is 2.17. The first-order valence-electron chi connectivity index (χ1n) is 6.21. The molecular weight excluding hydrogens is 270 g/mol. The zero-order valence-corrected chi connectivity index (χ0v) is 11.4. The average Bonchev–Trinajstić information content (AvgIpc) is 2.52. The zero-order chi connectivity index (χ0) is 15.2. The molecule has 0 saturated heterocycles. The molecule has 0 aliphatic carbocycles. The number of carbonyl (C=O) groups excluding carboxylic acids is 1. The number of benzene rings is 2. The van der Waals surface area contributed by atoms with E-state index in [1.165, 1.54) is 31.4 Å². The molecule has 0 aromatic heterocycles. The highest BCUT2D eigenvalue weighted by Crippen LogP contribution is 2.27. The minimum atomic E-state index is -0.573. The molecule has 2 aromatic carbocycles. The minimum absolute atomic E-state index is 0.128. The summed E-state index contributed by atoms with van der Waals surface area (Å²) in [5.41, 5.74) is 0.903. The van der Waals surface area contributed by atoms with Crippen LogP contribution in [-0.2, 0) is 0 Å². The van der Waals surface area contributed by atoms with Gasteiger partial charge in [0.15, 0.2) is 11.5 Å². The standard InChI is InChI=1S/C16H13NO4/c1-21-16-10-8-13(11-14(16)17(19)20)15(18)9-7-12-5-3-2-4-6-12/h2-11H,1H3/b9-7+. The predicted molar refractivity (Wildman–Crippen MR) is 79.5 cm³/mol. The van der Waals surface area contributed by atoms with E-state index < -0.39 is 4.92 Å². The molecule has 0 fully saturated rings. The van der Waals surface area contributed by atoms with E-state index in [4.69, 9.17) is 4.74 Å². The fourth-order valence-corrected chi connectivity index (χ4v) is 1.82. The van der Waals surface area contributed by atoms with Gasteiger partial charge in [0.25, 0.3) is 0 Å². The number of hydrogen-bond acceptors (Lipinski definition) is 4. The van der Waals surface area contributed by atoms with Crippen molar-refractivity contribution in [3.8, 4) is 5.75 Å². The molecular formula is C16H13NO4. The Bertz CT molecular complexity index is 693. The molecule has 0 spiro atoms. The number of ketones is 1. The SMILES string of the molecule is COc1ccc(C(=O)/C=C/c2ccccc2)cc1[N+](=O)[O-]. The van der Waals surface area contributed by atoms with Gasteiger partial charge in [-0.25, -0.2) is 0 Å². The molecule has 106 valence electrons. The number of nitrogens with zero attached hydrogens (tertiary/aromatic N) is 1. The maximum absolute atomic E-state index is 12.0. The molecule has 21 heavy (non-hydrogen) atoms. The van der Waals surface area contributed by atoms with Crippen LogP contribution in [0.5, 0.6) is 5.75 Å². The Balaban J connectivity index is 2.26. The van der Waals surface area contributed by atoms with Crippen molar-refractivity contribution in [2.75, 3.05) is 7.11 Å². The molecule has 0 aliphatic heterocycles. The molecule has 0 radical (unpaired) electrons. The molecule has 0 amide bonds. The monoisotopic (exact) mass is 283 g/mol. The normalized spacial score (nSPS) is 10.5. The highest BCUT2D eigenvalue weighted by atomic mass is 16.6. The van der Waals surface area contributed by atoms with E-state index in [0.29, 0.717) is 0 Å². The van der Waals surface area contributed by atoms with Gasteiger partial charge in [-0.1, -0.05) is 36.4 Å². The van der Waals surface area contributed by atoms with Crippen LogP contribution in [0.3, 0.4) is 0 Å². The van der Waals surface area contributed by atoms with Crippen molar-refractivity contribution in [1.82, 2.24) is 0 Å². The van der Waals surface area contributed by atoms with E-state index in [1.54, 1.807) is 6.08 Å². The Hall–Kier alpha value is -2.95. The third kappa shape index (κ3) is 3.54. The minimum Gasteiger partial charge on any atom is -0.490 e. The summed E-state index contributed by atoms with van der Waals surface area (Å²) in [6.07, 6.45) is 3.05. The number of ether oxygens (including phenoxy) is 1. The second-order valence-corrected chi connectivity index (χ2v) is 4.25. The van der Waals surface area contributed by atoms with Gasteiger partial charge in [0.1, 0.15) is 0 Å². The fraction of sp³-hybridized carbons (Fsp3) is 0.0625. The van der Waals surface area contributed by atoms with Gasteiger partial charge in [-0.05, 0) is 23.8 Å². The summed E-state index contributed by atoms with van der Waals surface area (Å²) in [4.78, 5) is 22.4. The van der Waals surface area contributed by atoms with E-state index in [9.17, 15) is 14.9 Å². The van der Waals surface area contributed by atoms with Crippen molar-refractivity contribution < 1.29 is 14.5 Å². The topological polar surface area (TPSA) is 69.4 Å². The van der Waals surface area contributed by atoms with Crippen molar-refractivity contribution in [3.05, 3.63) is 75.8 Å². The van der Waals surface area contributed by atoms with Gasteiger partial charge < -0.3 is 4.74 Å². The van der Waals surface area contributed by atoms with Crippen LogP contribution in [0.15, 0.2) is 54.6 Å². The first-order chi connectivity index (χ1) is 10.1. The van der Waals surface area contributed by atoms with Gasteiger partial charge in [0.05, 0.1) is 12.0 Å². The van der Waals surface area contributed by atoms with Crippen molar-refractivity contribution in [3.63, 3.8) is 0 Å². The fourth-order valence-electron chi connectivity index (χ4n) is 1.82. The van der Waals surface area contributed by atoms with Crippen LogP contribution in [0.2, 0.25) is 0 Å². The van der Waals surface area contributed by atoms with Gasteiger partial charge in [-0.2, -0.15) is 0 Å². The third-order valence-electron chi connectivity index (χ3n) is 2.89. The Kier molecular flexibility index (Phi) is 4.46. The first-order valence-corrected chi connectivity index (χ1v) is 6.21. The van der Waals surface area contributed by atoms with Gasteiger partial charge in [-0.3, -0.25) is 14.9 Å². The summed E-state index contributed by atoms with van der Waals surface area (Å²) < 4.78 is 4.90. The lowest BCUT2D eigenvalue weighted by molar-refractivity contribution is -0.385. The summed E-state index contributed by atoms with van der Waals surface area (Å²) in [7, 11) is 1.35. The van der Waals surface area contributed by atoms with E-state index >= 15 is 0 Å². The quantitative estimate of drug-likeness (QED) is 0.364. The van der Waals surface area contributed by atoms with E-state index in [0.717, 1.165) is 5.56 Å². The van der Waals surface area contributed by atoms with Crippen molar-refractivity contribution in [1.29, 1.82) is 0 Å². The number of carbonyl (C=O) groups is 1. The molecule has 2 aromatic rings. The summed E-state index contributed by atoms with van der Waals surface area (Å²) in [6, 6.07) is 13.5. The lowest BCUT2D eigenvalue weighted by Gasteiger charge is -2.02. The number of nitro groups is 1. The number of hydrogen-bond donors (Lipinski definition) is 0. The lowest BCUT2D eigenvalue weighted by Crippen LogP contribution is -1.99. The van der Waals surface area contributed by atoms with Gasteiger partial charge >= 0.3 is 5.69 Å². The van der Waals surface area contributed by atoms with Crippen LogP contribution in [-0.4, -0.2) is 17.8 Å². The molecule has 0 heterocycles. The summed E-state index contributed by atoms with van der Waals surface area (Å²) in [5.74, 6) is -0.173. The van der Waals surface area contributed by atoms with Crippen molar-refractivity contribution in [2.45, 2.75) is 0 Å². The van der Waals surface area contributed by atoms with Crippen LogP contribution >= 0.6 is 0 Å². The number of methoxy groups -OCH3 is 1. The Morgan fingerprint density at radius 3 is 2.52 bits per heavy atom. The van der Waals surface area contributed by atoms with Crippen LogP contribution in [0.25, 0.3) is 6.08 Å². The molecule has 0 unspecified atom stereocenters. The van der Waals surface area contributed by atoms with Crippen LogP contribution < -0.4 is 4.74 Å². The van der Waals surface area contributed by atoms with Crippen LogP contribution in [0, 0.1) is 10.1 Å². The molecule has 5 nitrogen and oxygen atoms in total. The summed E-state index contributed by atoms with van der Waals surface area (Å²) in [6.45, 7) is 0. The van der Waals surface area contributed by atoms with E-state index in [2.05, 4.69) is 0 Å². The molecule has 0 saturated carbocycles. The second-order valence-electron chi connectivity index (χ2n) is 4.25. The number of rotatable bonds is 5. The largest absolute Gasteiger partial charge is 0.490 e. The predicted octanol–water partition coefficient (Wildman–Crippen LogP) is 3.50. The van der Waals surface area contributed by atoms with Crippen LogP contribution in [0.4, 0.5) is 5.69 Å².